The van der Waals surface area contributed by atoms with Gasteiger partial charge >= 0.3 is 0 Å². The van der Waals surface area contributed by atoms with Crippen LogP contribution in [0.25, 0.3) is 0 Å². The highest BCUT2D eigenvalue weighted by Gasteiger charge is 2.15. The summed E-state index contributed by atoms with van der Waals surface area (Å²) < 4.78 is 0. The molecule has 2 N–H and O–H groups in total. The Morgan fingerprint density at radius 3 is 2.26 bits per heavy atom. The first kappa shape index (κ1) is 21.0. The average molecular weight is 386 g/mol. The van der Waals surface area contributed by atoms with Crippen LogP contribution in [-0.2, 0) is 22.7 Å². The molecular formula is C21H27N3O2S. The largest absolute Gasteiger partial charge is 0.351 e. The first-order chi connectivity index (χ1) is 12.8. The van der Waals surface area contributed by atoms with E-state index in [1.165, 1.54) is 24.2 Å². The molecule has 0 aliphatic heterocycles. The zero-order valence-corrected chi connectivity index (χ0v) is 17.1. The number of carbonyl (C=O) groups excluding carboxylic acids is 2. The van der Waals surface area contributed by atoms with Crippen molar-refractivity contribution < 1.29 is 9.59 Å². The van der Waals surface area contributed by atoms with Crippen molar-refractivity contribution in [2.24, 2.45) is 0 Å². The summed E-state index contributed by atoms with van der Waals surface area (Å²) in [5.41, 5.74) is 3.11. The summed E-state index contributed by atoms with van der Waals surface area (Å²) in [6.07, 6.45) is 0. The lowest BCUT2D eigenvalue weighted by Crippen LogP contribution is -2.31. The number of hydrogen-bond acceptors (Lipinski definition) is 4. The van der Waals surface area contributed by atoms with Gasteiger partial charge in [-0.3, -0.25) is 9.59 Å². The Kier molecular flexibility index (Phi) is 7.88. The fraction of sp³-hybridized carbons (Fsp3) is 0.333. The van der Waals surface area contributed by atoms with Crippen LogP contribution in [-0.4, -0.2) is 36.1 Å². The lowest BCUT2D eigenvalue weighted by Gasteiger charge is -2.16. The molecule has 0 aliphatic carbocycles. The first-order valence-electron chi connectivity index (χ1n) is 8.88. The van der Waals surface area contributed by atoms with Crippen LogP contribution in [0.5, 0.6) is 0 Å². The number of benzene rings is 2. The summed E-state index contributed by atoms with van der Waals surface area (Å²) in [6, 6.07) is 15.7. The van der Waals surface area contributed by atoms with Crippen molar-refractivity contribution in [3.63, 3.8) is 0 Å². The van der Waals surface area contributed by atoms with E-state index in [1.807, 2.05) is 57.4 Å². The fourth-order valence-electron chi connectivity index (χ4n) is 2.63. The van der Waals surface area contributed by atoms with Gasteiger partial charge in [0.2, 0.25) is 11.8 Å². The van der Waals surface area contributed by atoms with Gasteiger partial charge in [0.25, 0.3) is 0 Å². The number of carbonyl (C=O) groups is 2. The number of amides is 2. The maximum atomic E-state index is 12.5. The Morgan fingerprint density at radius 2 is 1.67 bits per heavy atom. The van der Waals surface area contributed by atoms with E-state index in [2.05, 4.69) is 27.7 Å². The van der Waals surface area contributed by atoms with E-state index in [0.29, 0.717) is 6.54 Å². The number of nitrogens with one attached hydrogen (secondary N) is 2. The Bertz CT molecular complexity index is 775. The molecule has 0 saturated heterocycles. The van der Waals surface area contributed by atoms with Crippen LogP contribution in [0.1, 0.15) is 25.0 Å². The predicted molar refractivity (Wildman–Crippen MR) is 112 cm³/mol. The van der Waals surface area contributed by atoms with Crippen molar-refractivity contribution in [2.75, 3.05) is 19.4 Å². The minimum atomic E-state index is -0.211. The smallest absolute Gasteiger partial charge is 0.233 e. The molecule has 0 aromatic heterocycles. The molecule has 0 aliphatic rings. The molecule has 1 atom stereocenters. The second-order valence-corrected chi connectivity index (χ2v) is 8.10. The second-order valence-electron chi connectivity index (χ2n) is 6.69. The average Bonchev–Trinajstić information content (AvgIpc) is 2.61. The molecule has 2 aromatic rings. The molecule has 2 aromatic carbocycles. The molecule has 0 fully saturated rings. The summed E-state index contributed by atoms with van der Waals surface area (Å²) in [5.74, 6) is -0.0942. The molecule has 27 heavy (non-hydrogen) atoms. The standard InChI is InChI=1S/C21H27N3O2S/c1-15(27-20-11-9-19(10-12-20)23-16(2)25)21(26)22-13-17-7-5-6-8-18(17)14-24(3)4/h5-12,15H,13-14H2,1-4H3,(H,22,26)(H,23,25). The van der Waals surface area contributed by atoms with Gasteiger partial charge < -0.3 is 15.5 Å². The summed E-state index contributed by atoms with van der Waals surface area (Å²) in [6.45, 7) is 4.74. The number of anilines is 1. The van der Waals surface area contributed by atoms with Gasteiger partial charge in [0.05, 0.1) is 5.25 Å². The Labute approximate surface area is 165 Å². The highest BCUT2D eigenvalue weighted by molar-refractivity contribution is 8.00. The SMILES string of the molecule is CC(=O)Nc1ccc(SC(C)C(=O)NCc2ccccc2CN(C)C)cc1. The highest BCUT2D eigenvalue weighted by Crippen LogP contribution is 2.25. The fourth-order valence-corrected chi connectivity index (χ4v) is 3.52. The van der Waals surface area contributed by atoms with Crippen LogP contribution < -0.4 is 10.6 Å². The van der Waals surface area contributed by atoms with Gasteiger partial charge in [-0.1, -0.05) is 24.3 Å². The van der Waals surface area contributed by atoms with Crippen LogP contribution in [0, 0.1) is 0 Å². The molecule has 0 bridgehead atoms. The molecule has 0 radical (unpaired) electrons. The molecule has 5 nitrogen and oxygen atoms in total. The van der Waals surface area contributed by atoms with Crippen LogP contribution >= 0.6 is 11.8 Å². The van der Waals surface area contributed by atoms with Crippen molar-refractivity contribution in [1.82, 2.24) is 10.2 Å². The summed E-state index contributed by atoms with van der Waals surface area (Å²) in [5, 5.41) is 5.56. The van der Waals surface area contributed by atoms with Gasteiger partial charge in [-0.2, -0.15) is 0 Å². The van der Waals surface area contributed by atoms with Crippen LogP contribution in [0.3, 0.4) is 0 Å². The van der Waals surface area contributed by atoms with E-state index in [4.69, 9.17) is 0 Å². The summed E-state index contributed by atoms with van der Waals surface area (Å²) in [4.78, 5) is 26.6. The molecule has 6 heteroatoms. The Morgan fingerprint density at radius 1 is 1.04 bits per heavy atom. The third-order valence-electron chi connectivity index (χ3n) is 3.91. The van der Waals surface area contributed by atoms with E-state index in [0.717, 1.165) is 22.7 Å². The minimum absolute atomic E-state index is 0.00518. The highest BCUT2D eigenvalue weighted by atomic mass is 32.2. The third-order valence-corrected chi connectivity index (χ3v) is 5.03. The van der Waals surface area contributed by atoms with Gasteiger partial charge in [0, 0.05) is 30.6 Å². The van der Waals surface area contributed by atoms with Crippen molar-refractivity contribution in [3.8, 4) is 0 Å². The van der Waals surface area contributed by atoms with Crippen LogP contribution in [0.4, 0.5) is 5.69 Å². The van der Waals surface area contributed by atoms with Gasteiger partial charge in [-0.25, -0.2) is 0 Å². The van der Waals surface area contributed by atoms with Gasteiger partial charge in [-0.05, 0) is 56.4 Å². The molecule has 144 valence electrons. The number of nitrogens with zero attached hydrogens (tertiary/aromatic N) is 1. The van der Waals surface area contributed by atoms with Gasteiger partial charge in [0.1, 0.15) is 0 Å². The molecule has 0 heterocycles. The molecular weight excluding hydrogens is 358 g/mol. The number of thioether (sulfide) groups is 1. The lowest BCUT2D eigenvalue weighted by atomic mass is 10.1. The quantitative estimate of drug-likeness (QED) is 0.683. The van der Waals surface area contributed by atoms with Crippen molar-refractivity contribution in [1.29, 1.82) is 0 Å². The van der Waals surface area contributed by atoms with Gasteiger partial charge in [-0.15, -0.1) is 11.8 Å². The van der Waals surface area contributed by atoms with E-state index in [-0.39, 0.29) is 17.1 Å². The van der Waals surface area contributed by atoms with Crippen molar-refractivity contribution in [2.45, 2.75) is 37.1 Å². The predicted octanol–water partition coefficient (Wildman–Crippen LogP) is 3.50. The molecule has 0 spiro atoms. The van der Waals surface area contributed by atoms with E-state index in [9.17, 15) is 9.59 Å². The van der Waals surface area contributed by atoms with Crippen LogP contribution in [0.15, 0.2) is 53.4 Å². The van der Waals surface area contributed by atoms with E-state index < -0.39 is 0 Å². The van der Waals surface area contributed by atoms with Crippen molar-refractivity contribution >= 4 is 29.3 Å². The Hall–Kier alpha value is -2.31. The first-order valence-corrected chi connectivity index (χ1v) is 9.76. The van der Waals surface area contributed by atoms with Crippen LogP contribution in [0.2, 0.25) is 0 Å². The maximum Gasteiger partial charge on any atom is 0.233 e. The maximum absolute atomic E-state index is 12.5. The molecule has 2 rings (SSSR count). The molecule has 1 unspecified atom stereocenters. The minimum Gasteiger partial charge on any atom is -0.351 e. The topological polar surface area (TPSA) is 61.4 Å². The zero-order valence-electron chi connectivity index (χ0n) is 16.3. The van der Waals surface area contributed by atoms with Gasteiger partial charge in [0.15, 0.2) is 0 Å². The number of hydrogen-bond donors (Lipinski definition) is 2. The lowest BCUT2D eigenvalue weighted by molar-refractivity contribution is -0.120. The van der Waals surface area contributed by atoms with E-state index in [1.54, 1.807) is 0 Å². The molecule has 0 saturated carbocycles. The van der Waals surface area contributed by atoms with Crippen molar-refractivity contribution in [3.05, 3.63) is 59.7 Å². The summed E-state index contributed by atoms with van der Waals surface area (Å²) >= 11 is 1.50. The normalized spacial score (nSPS) is 11.9. The number of rotatable bonds is 8. The zero-order chi connectivity index (χ0) is 19.8. The third kappa shape index (κ3) is 7.07. The monoisotopic (exact) mass is 385 g/mol. The Balaban J connectivity index is 1.90. The summed E-state index contributed by atoms with van der Waals surface area (Å²) in [7, 11) is 4.07. The second kappa shape index (κ2) is 10.1. The molecule has 2 amide bonds. The van der Waals surface area contributed by atoms with E-state index >= 15 is 0 Å².